The quantitative estimate of drug-likeness (QED) is 0.699. The maximum atomic E-state index is 5.36. The fraction of sp³-hybridized carbons (Fsp3) is 1.00. The van der Waals surface area contributed by atoms with E-state index in [-0.39, 0.29) is 5.54 Å². The van der Waals surface area contributed by atoms with Gasteiger partial charge in [0, 0.05) is 31.3 Å². The Bertz CT molecular complexity index is 206. The highest BCUT2D eigenvalue weighted by Crippen LogP contribution is 2.10. The maximum Gasteiger partial charge on any atom is 0.0630 e. The molecule has 1 N–H and O–H groups in total. The van der Waals surface area contributed by atoms with Crippen LogP contribution < -0.4 is 5.32 Å². The molecule has 0 spiro atoms. The summed E-state index contributed by atoms with van der Waals surface area (Å²) in [5.74, 6) is 1.22. The van der Waals surface area contributed by atoms with Gasteiger partial charge in [-0.3, -0.25) is 4.90 Å². The molecule has 2 unspecified atom stereocenters. The molecular weight excluding hydrogens is 244 g/mol. The Morgan fingerprint density at radius 1 is 1.33 bits per heavy atom. The van der Waals surface area contributed by atoms with Crippen LogP contribution in [0.4, 0.5) is 0 Å². The van der Waals surface area contributed by atoms with E-state index < -0.39 is 0 Å². The summed E-state index contributed by atoms with van der Waals surface area (Å²) in [4.78, 5) is 2.44. The lowest BCUT2D eigenvalue weighted by molar-refractivity contribution is 0.0793. The molecule has 0 aromatic rings. The van der Waals surface area contributed by atoms with Crippen molar-refractivity contribution in [3.63, 3.8) is 0 Å². The number of likely N-dealkylation sites (N-methyl/N-ethyl adjacent to an activating group) is 1. The zero-order chi connectivity index (χ0) is 14.2. The van der Waals surface area contributed by atoms with Crippen LogP contribution in [0.1, 0.15) is 34.1 Å². The second kappa shape index (κ2) is 9.18. The zero-order valence-corrected chi connectivity index (χ0v) is 14.1. The number of hydrogen-bond acceptors (Lipinski definition) is 4. The fourth-order valence-electron chi connectivity index (χ4n) is 1.79. The van der Waals surface area contributed by atoms with E-state index in [0.29, 0.717) is 12.1 Å². The molecular formula is C14H32N2OS. The highest BCUT2D eigenvalue weighted by Gasteiger charge is 2.21. The first-order chi connectivity index (χ1) is 8.31. The average molecular weight is 276 g/mol. The highest BCUT2D eigenvalue weighted by atomic mass is 32.2. The van der Waals surface area contributed by atoms with Crippen molar-refractivity contribution in [2.75, 3.05) is 39.3 Å². The van der Waals surface area contributed by atoms with Gasteiger partial charge in [-0.2, -0.15) is 11.8 Å². The Morgan fingerprint density at radius 2 is 1.94 bits per heavy atom. The van der Waals surface area contributed by atoms with Crippen molar-refractivity contribution in [2.24, 2.45) is 0 Å². The van der Waals surface area contributed by atoms with Gasteiger partial charge < -0.3 is 10.1 Å². The van der Waals surface area contributed by atoms with E-state index in [1.54, 1.807) is 7.11 Å². The molecule has 0 saturated carbocycles. The summed E-state index contributed by atoms with van der Waals surface area (Å²) in [6, 6.07) is 1.03. The predicted octanol–water partition coefficient (Wildman–Crippen LogP) is 2.46. The van der Waals surface area contributed by atoms with E-state index in [1.807, 2.05) is 11.8 Å². The summed E-state index contributed by atoms with van der Waals surface area (Å²) < 4.78 is 5.36. The van der Waals surface area contributed by atoms with Crippen LogP contribution in [0.5, 0.6) is 0 Å². The minimum atomic E-state index is 0.162. The number of nitrogens with one attached hydrogen (secondary N) is 1. The van der Waals surface area contributed by atoms with Crippen LogP contribution in [0.3, 0.4) is 0 Å². The predicted molar refractivity (Wildman–Crippen MR) is 83.6 cm³/mol. The van der Waals surface area contributed by atoms with Gasteiger partial charge in [0.15, 0.2) is 0 Å². The van der Waals surface area contributed by atoms with Crippen molar-refractivity contribution < 1.29 is 4.74 Å². The van der Waals surface area contributed by atoms with Crippen LogP contribution in [0, 0.1) is 0 Å². The van der Waals surface area contributed by atoms with Gasteiger partial charge in [0.25, 0.3) is 0 Å². The van der Waals surface area contributed by atoms with E-state index >= 15 is 0 Å². The third-order valence-corrected chi connectivity index (χ3v) is 3.88. The summed E-state index contributed by atoms with van der Waals surface area (Å²) >= 11 is 1.92. The van der Waals surface area contributed by atoms with Gasteiger partial charge in [-0.05, 0) is 53.2 Å². The standard InChI is InChI=1S/C14H32N2OS/c1-12(8-9-18-7)16(5)13(11-17-6)10-15-14(2,3)4/h12-13,15H,8-11H2,1-7H3. The molecule has 4 heteroatoms. The minimum absolute atomic E-state index is 0.162. The molecule has 0 radical (unpaired) electrons. The van der Waals surface area contributed by atoms with E-state index in [2.05, 4.69) is 51.2 Å². The monoisotopic (exact) mass is 276 g/mol. The lowest BCUT2D eigenvalue weighted by Gasteiger charge is -2.35. The van der Waals surface area contributed by atoms with E-state index in [4.69, 9.17) is 4.74 Å². The number of thioether (sulfide) groups is 1. The minimum Gasteiger partial charge on any atom is -0.383 e. The van der Waals surface area contributed by atoms with Crippen molar-refractivity contribution >= 4 is 11.8 Å². The molecule has 0 heterocycles. The summed E-state index contributed by atoms with van der Waals surface area (Å²) in [6.07, 6.45) is 3.40. The van der Waals surface area contributed by atoms with Crippen LogP contribution in [0.2, 0.25) is 0 Å². The normalized spacial score (nSPS) is 16.0. The molecule has 0 rings (SSSR count). The van der Waals surface area contributed by atoms with Gasteiger partial charge in [0.2, 0.25) is 0 Å². The first kappa shape index (κ1) is 18.2. The van der Waals surface area contributed by atoms with Crippen LogP contribution in [-0.4, -0.2) is 61.8 Å². The lowest BCUT2D eigenvalue weighted by Crippen LogP contribution is -2.50. The molecule has 2 atom stereocenters. The van der Waals surface area contributed by atoms with Gasteiger partial charge in [-0.1, -0.05) is 0 Å². The molecule has 0 amide bonds. The first-order valence-electron chi connectivity index (χ1n) is 6.76. The summed E-state index contributed by atoms with van der Waals surface area (Å²) in [6.45, 7) is 10.7. The third kappa shape index (κ3) is 8.35. The van der Waals surface area contributed by atoms with Crippen molar-refractivity contribution in [3.05, 3.63) is 0 Å². The maximum absolute atomic E-state index is 5.36. The van der Waals surface area contributed by atoms with Crippen molar-refractivity contribution in [3.8, 4) is 0 Å². The number of hydrogen-bond donors (Lipinski definition) is 1. The Hall–Kier alpha value is 0.230. The highest BCUT2D eigenvalue weighted by molar-refractivity contribution is 7.98. The van der Waals surface area contributed by atoms with Crippen LogP contribution in [-0.2, 0) is 4.74 Å². The van der Waals surface area contributed by atoms with Crippen LogP contribution >= 0.6 is 11.8 Å². The molecule has 18 heavy (non-hydrogen) atoms. The van der Waals surface area contributed by atoms with Gasteiger partial charge in [-0.25, -0.2) is 0 Å². The van der Waals surface area contributed by atoms with Crippen LogP contribution in [0.25, 0.3) is 0 Å². The first-order valence-corrected chi connectivity index (χ1v) is 8.16. The molecule has 0 fully saturated rings. The van der Waals surface area contributed by atoms with Gasteiger partial charge in [-0.15, -0.1) is 0 Å². The molecule has 0 aromatic carbocycles. The molecule has 0 aliphatic carbocycles. The smallest absolute Gasteiger partial charge is 0.0630 e. The average Bonchev–Trinajstić information content (AvgIpc) is 2.29. The van der Waals surface area contributed by atoms with Gasteiger partial charge in [0.05, 0.1) is 6.61 Å². The molecule has 0 aromatic heterocycles. The van der Waals surface area contributed by atoms with Crippen molar-refractivity contribution in [2.45, 2.75) is 51.7 Å². The van der Waals surface area contributed by atoms with Gasteiger partial charge >= 0.3 is 0 Å². The second-order valence-electron chi connectivity index (χ2n) is 6.04. The number of rotatable bonds is 9. The molecule has 3 nitrogen and oxygen atoms in total. The molecule has 0 aliphatic heterocycles. The molecule has 0 bridgehead atoms. The Labute approximate surface area is 118 Å². The SMILES string of the molecule is COCC(CNC(C)(C)C)N(C)C(C)CCSC. The summed E-state index contributed by atoms with van der Waals surface area (Å²) in [7, 11) is 3.99. The largest absolute Gasteiger partial charge is 0.383 e. The Morgan fingerprint density at radius 3 is 2.39 bits per heavy atom. The molecule has 0 saturated heterocycles. The van der Waals surface area contributed by atoms with E-state index in [1.165, 1.54) is 12.2 Å². The number of ether oxygens (including phenoxy) is 1. The lowest BCUT2D eigenvalue weighted by atomic mass is 10.1. The summed E-state index contributed by atoms with van der Waals surface area (Å²) in [5.41, 5.74) is 0.162. The Kier molecular flexibility index (Phi) is 9.30. The number of nitrogens with zero attached hydrogens (tertiary/aromatic N) is 1. The van der Waals surface area contributed by atoms with Crippen molar-refractivity contribution in [1.82, 2.24) is 10.2 Å². The second-order valence-corrected chi connectivity index (χ2v) is 7.02. The van der Waals surface area contributed by atoms with Crippen molar-refractivity contribution in [1.29, 1.82) is 0 Å². The van der Waals surface area contributed by atoms with Gasteiger partial charge in [0.1, 0.15) is 0 Å². The fourth-order valence-corrected chi connectivity index (χ4v) is 2.37. The zero-order valence-electron chi connectivity index (χ0n) is 13.2. The Balaban J connectivity index is 4.29. The van der Waals surface area contributed by atoms with E-state index in [0.717, 1.165) is 13.2 Å². The topological polar surface area (TPSA) is 24.5 Å². The number of methoxy groups -OCH3 is 1. The molecule has 110 valence electrons. The molecule has 0 aliphatic rings. The van der Waals surface area contributed by atoms with Crippen LogP contribution in [0.15, 0.2) is 0 Å². The van der Waals surface area contributed by atoms with E-state index in [9.17, 15) is 0 Å². The third-order valence-electron chi connectivity index (χ3n) is 3.24. The summed E-state index contributed by atoms with van der Waals surface area (Å²) in [5, 5.41) is 3.57.